The smallest absolute Gasteiger partial charge is 0.322 e. The number of aliphatic carboxylic acids is 6. The molecule has 14 amide bonds. The predicted molar refractivity (Wildman–Crippen MR) is 412 cm³/mol. The van der Waals surface area contributed by atoms with Crippen LogP contribution < -0.4 is 91.6 Å². The van der Waals surface area contributed by atoms with Crippen LogP contribution in [0.5, 0.6) is 0 Å². The Kier molecular flexibility index (Phi) is 46.0. The van der Waals surface area contributed by atoms with E-state index in [2.05, 4.69) is 69.1 Å². The molecule has 2 aromatic rings. The molecular weight excluding hydrogens is 1570 g/mol. The van der Waals surface area contributed by atoms with E-state index in [1.807, 2.05) is 5.32 Å². The zero-order chi connectivity index (χ0) is 88.2. The van der Waals surface area contributed by atoms with Crippen molar-refractivity contribution in [3.8, 4) is 0 Å². The molecule has 44 nitrogen and oxygen atoms in total. The minimum absolute atomic E-state index is 0.111. The minimum atomic E-state index is -2.16. The molecule has 0 aromatic heterocycles. The maximum atomic E-state index is 14.6. The van der Waals surface area contributed by atoms with Crippen molar-refractivity contribution in [1.29, 1.82) is 0 Å². The molecule has 117 heavy (non-hydrogen) atoms. The van der Waals surface area contributed by atoms with Gasteiger partial charge in [0.2, 0.25) is 82.7 Å². The van der Waals surface area contributed by atoms with Gasteiger partial charge in [0.05, 0.1) is 44.4 Å². The molecule has 2 aromatic carbocycles. The maximum absolute atomic E-state index is 14.6. The van der Waals surface area contributed by atoms with E-state index in [0.29, 0.717) is 24.0 Å². The van der Waals surface area contributed by atoms with Crippen LogP contribution in [-0.2, 0) is 109 Å². The summed E-state index contributed by atoms with van der Waals surface area (Å²) in [6.45, 7) is 3.41. The van der Waals surface area contributed by atoms with Gasteiger partial charge in [0.1, 0.15) is 79.0 Å². The molecule has 0 saturated heterocycles. The van der Waals surface area contributed by atoms with Crippen LogP contribution in [0.2, 0.25) is 0 Å². The Morgan fingerprint density at radius 1 is 0.350 bits per heavy atom. The number of nitrogens with two attached hydrogens (primary N) is 3. The first-order chi connectivity index (χ1) is 55.1. The number of aliphatic hydroxyl groups is 1. The lowest BCUT2D eigenvalue weighted by molar-refractivity contribution is -0.142. The molecule has 0 aliphatic rings. The minimum Gasteiger partial charge on any atom is -0.481 e. The zero-order valence-corrected chi connectivity index (χ0v) is 65.8. The molecule has 0 fully saturated rings. The van der Waals surface area contributed by atoms with Gasteiger partial charge in [0, 0.05) is 19.3 Å². The van der Waals surface area contributed by atoms with E-state index in [0.717, 1.165) is 13.8 Å². The van der Waals surface area contributed by atoms with Crippen LogP contribution in [0.4, 0.5) is 0 Å². The molecular formula is C72H107N17O27S. The van der Waals surface area contributed by atoms with Gasteiger partial charge in [-0.05, 0) is 107 Å². The Labute approximate surface area is 675 Å². The van der Waals surface area contributed by atoms with Crippen molar-refractivity contribution in [2.45, 2.75) is 209 Å². The number of carboxylic acid groups (broad SMARTS) is 6. The van der Waals surface area contributed by atoms with Gasteiger partial charge in [-0.3, -0.25) is 95.9 Å². The average Bonchev–Trinajstić information content (AvgIpc) is 0.850. The van der Waals surface area contributed by atoms with Crippen LogP contribution in [0.3, 0.4) is 0 Å². The Bertz CT molecular complexity index is 3770. The number of hydrogen-bond acceptors (Lipinski definition) is 25. The third-order valence-corrected chi connectivity index (χ3v) is 17.8. The van der Waals surface area contributed by atoms with Crippen molar-refractivity contribution in [3.05, 3.63) is 71.8 Å². The van der Waals surface area contributed by atoms with E-state index in [9.17, 15) is 121 Å². The fraction of sp³-hybridized carbons (Fsp3) is 0.556. The highest BCUT2D eigenvalue weighted by Gasteiger charge is 2.39. The van der Waals surface area contributed by atoms with Gasteiger partial charge >= 0.3 is 35.8 Å². The van der Waals surface area contributed by atoms with Crippen LogP contribution in [-0.4, -0.2) is 277 Å². The van der Waals surface area contributed by atoms with Gasteiger partial charge in [-0.25, -0.2) is 0 Å². The first kappa shape index (κ1) is 101. The molecule has 0 aliphatic carbocycles. The fourth-order valence-electron chi connectivity index (χ4n) is 11.0. The molecule has 14 atom stereocenters. The number of benzene rings is 2. The lowest BCUT2D eigenvalue weighted by atomic mass is 10.0. The number of carbonyl (C=O) groups excluding carboxylic acids is 14. The van der Waals surface area contributed by atoms with Crippen LogP contribution >= 0.6 is 11.8 Å². The zero-order valence-electron chi connectivity index (χ0n) is 65.0. The van der Waals surface area contributed by atoms with Gasteiger partial charge in [-0.15, -0.1) is 0 Å². The summed E-state index contributed by atoms with van der Waals surface area (Å²) in [5.41, 5.74) is 17.8. The third kappa shape index (κ3) is 39.8. The van der Waals surface area contributed by atoms with Crippen LogP contribution in [0.25, 0.3) is 0 Å². The fourth-order valence-corrected chi connectivity index (χ4v) is 11.4. The average molecular weight is 1670 g/mol. The first-order valence-corrected chi connectivity index (χ1v) is 38.4. The topological polar surface area (TPSA) is 729 Å². The molecule has 0 saturated carbocycles. The number of thioether (sulfide) groups is 1. The largest absolute Gasteiger partial charge is 0.481 e. The van der Waals surface area contributed by atoms with Crippen molar-refractivity contribution in [1.82, 2.24) is 74.4 Å². The van der Waals surface area contributed by atoms with Gasteiger partial charge in [0.25, 0.3) is 0 Å². The lowest BCUT2D eigenvalue weighted by Crippen LogP contribution is -2.62. The van der Waals surface area contributed by atoms with E-state index in [1.165, 1.54) is 37.7 Å². The Hall–Kier alpha value is -12.0. The van der Waals surface area contributed by atoms with Crippen molar-refractivity contribution >= 4 is 130 Å². The molecule has 45 heteroatoms. The molecule has 27 N–H and O–H groups in total. The number of nitrogens with one attached hydrogen (secondary N) is 14. The second kappa shape index (κ2) is 53.2. The molecule has 0 aliphatic heterocycles. The number of carboxylic acids is 6. The number of aliphatic hydroxyl groups excluding tert-OH is 1. The molecule has 0 bridgehead atoms. The molecule has 648 valence electrons. The number of carbonyl (C=O) groups is 20. The molecule has 0 heterocycles. The lowest BCUT2D eigenvalue weighted by Gasteiger charge is -2.29. The van der Waals surface area contributed by atoms with Crippen LogP contribution in [0.1, 0.15) is 122 Å². The summed E-state index contributed by atoms with van der Waals surface area (Å²) < 4.78 is 0. The van der Waals surface area contributed by atoms with Gasteiger partial charge in [-0.2, -0.15) is 11.8 Å². The standard InChI is InChI=1S/C72H107N17O27S/c1-36(2)58(88-70(114)48(31-54(96)97)79-51(91)34-76-61(105)41(75)30-53(94)95)71(115)83-45(24-27-117-5)65(109)80-43(21-13-15-26-74)64(108)85-47(29-40-18-10-7-11-19-40)69(113)89-59(38(4)90)72(116)87-49(32-55(98)99)66(110)78-37(3)60(104)84-50(33-56(100)101)68(112)86-46(28-39-16-8-6-9-17-39)67(111)81-42(20-12-14-25-73)63(107)82-44(22-23-52(92)93)62(106)77-35-57(102)103/h6-11,16-19,36-38,41-50,58-59,90H,12-15,20-35,73-75H2,1-5H3,(H,76,105)(H,77,106)(H,78,110)(H,79,91)(H,80,109)(H,81,111)(H,82,107)(H,83,115)(H,84,104)(H,85,108)(H,86,112)(H,87,116)(H,88,114)(H,89,113)(H,92,93)(H,94,95)(H,96,97)(H,98,99)(H,100,101)(H,102,103)/t37-,38+,41-,42-,43-,44-,45-,46-,47-,48-,49-,50-,58-,59-/m0/s1. The van der Waals surface area contributed by atoms with E-state index < -0.39 is 261 Å². The first-order valence-electron chi connectivity index (χ1n) is 37.0. The Balaban J connectivity index is 2.49. The van der Waals surface area contributed by atoms with Crippen molar-refractivity contribution in [3.63, 3.8) is 0 Å². The predicted octanol–water partition coefficient (Wildman–Crippen LogP) is -7.23. The highest BCUT2D eigenvalue weighted by molar-refractivity contribution is 7.98. The van der Waals surface area contributed by atoms with E-state index >= 15 is 0 Å². The van der Waals surface area contributed by atoms with Gasteiger partial charge < -0.3 is 127 Å². The second-order valence-corrected chi connectivity index (χ2v) is 28.3. The highest BCUT2D eigenvalue weighted by atomic mass is 32.2. The summed E-state index contributed by atoms with van der Waals surface area (Å²) in [5, 5.41) is 100. The van der Waals surface area contributed by atoms with E-state index in [1.54, 1.807) is 54.8 Å². The number of rotatable bonds is 57. The van der Waals surface area contributed by atoms with Gasteiger partial charge in [-0.1, -0.05) is 74.5 Å². The summed E-state index contributed by atoms with van der Waals surface area (Å²) >= 11 is 1.24. The maximum Gasteiger partial charge on any atom is 0.322 e. The quantitative estimate of drug-likeness (QED) is 0.0274. The second-order valence-electron chi connectivity index (χ2n) is 27.3. The summed E-state index contributed by atoms with van der Waals surface area (Å²) in [7, 11) is 0. The SMILES string of the molecule is CSCC[C@H](NC(=O)[C@@H](NC(=O)[C@H](CC(=O)O)NC(=O)CNC(=O)[C@@H](N)CC(=O)O)C(C)C)C(=O)N[C@@H](CCCCN)C(=O)N[C@@H](Cc1ccccc1)C(=O)N[C@H](C(=O)N[C@@H](CC(=O)O)C(=O)N[C@@H](C)C(=O)N[C@@H](CC(=O)O)C(=O)N[C@@H](Cc1ccccc1)C(=O)N[C@@H](CCCCN)C(=O)N[C@@H](CCC(=O)O)C(=O)NCC(=O)O)[C@@H](C)O. The summed E-state index contributed by atoms with van der Waals surface area (Å²) in [5.74, 6) is -26.1. The van der Waals surface area contributed by atoms with Crippen molar-refractivity contribution in [2.75, 3.05) is 38.2 Å². The van der Waals surface area contributed by atoms with Crippen molar-refractivity contribution in [2.24, 2.45) is 23.1 Å². The number of unbranched alkanes of at least 4 members (excludes halogenated alkanes) is 2. The number of amides is 14. The summed E-state index contributed by atoms with van der Waals surface area (Å²) in [4.78, 5) is 264. The number of hydrogen-bond donors (Lipinski definition) is 24. The van der Waals surface area contributed by atoms with E-state index in [-0.39, 0.29) is 63.8 Å². The summed E-state index contributed by atoms with van der Waals surface area (Å²) in [6.07, 6.45) is -5.91. The highest BCUT2D eigenvalue weighted by Crippen LogP contribution is 2.14. The van der Waals surface area contributed by atoms with E-state index in [4.69, 9.17) is 27.4 Å². The Morgan fingerprint density at radius 2 is 0.701 bits per heavy atom. The van der Waals surface area contributed by atoms with Gasteiger partial charge in [0.15, 0.2) is 0 Å². The van der Waals surface area contributed by atoms with Crippen molar-refractivity contribution < 1.29 is 132 Å². The molecule has 0 unspecified atom stereocenters. The third-order valence-electron chi connectivity index (χ3n) is 17.2. The van der Waals surface area contributed by atoms with Crippen LogP contribution in [0, 0.1) is 5.92 Å². The Morgan fingerprint density at radius 3 is 1.12 bits per heavy atom. The monoisotopic (exact) mass is 1670 g/mol. The molecule has 2 rings (SSSR count). The van der Waals surface area contributed by atoms with Crippen LogP contribution in [0.15, 0.2) is 60.7 Å². The normalized spacial score (nSPS) is 14.5. The molecule has 0 spiro atoms. The molecule has 0 radical (unpaired) electrons. The summed E-state index contributed by atoms with van der Waals surface area (Å²) in [6, 6.07) is -7.02.